The number of oxazole rings is 1. The maximum absolute atomic E-state index is 12.0. The molecule has 1 heterocycles. The van der Waals surface area contributed by atoms with E-state index in [1.165, 1.54) is 0 Å². The molecule has 23 heavy (non-hydrogen) atoms. The molecule has 122 valence electrons. The van der Waals surface area contributed by atoms with Crippen LogP contribution < -0.4 is 10.6 Å². The summed E-state index contributed by atoms with van der Waals surface area (Å²) in [6, 6.07) is 7.55. The lowest BCUT2D eigenvalue weighted by atomic mass is 10.2. The van der Waals surface area contributed by atoms with E-state index in [0.717, 1.165) is 11.3 Å². The number of carbonyl (C=O) groups is 2. The van der Waals surface area contributed by atoms with Crippen LogP contribution in [-0.2, 0) is 11.2 Å². The number of nitrogens with one attached hydrogen (secondary N) is 2. The van der Waals surface area contributed by atoms with Crippen LogP contribution in [0.5, 0.6) is 0 Å². The van der Waals surface area contributed by atoms with Crippen molar-refractivity contribution in [2.45, 2.75) is 33.6 Å². The monoisotopic (exact) mass is 315 g/mol. The molecule has 0 aliphatic heterocycles. The van der Waals surface area contributed by atoms with Crippen LogP contribution in [0, 0.1) is 13.8 Å². The quantitative estimate of drug-likeness (QED) is 0.858. The van der Waals surface area contributed by atoms with Crippen molar-refractivity contribution >= 4 is 17.5 Å². The lowest BCUT2D eigenvalue weighted by Gasteiger charge is -2.06. The summed E-state index contributed by atoms with van der Waals surface area (Å²) in [6.07, 6.45) is 0.820. The van der Waals surface area contributed by atoms with Gasteiger partial charge in [0.25, 0.3) is 5.91 Å². The van der Waals surface area contributed by atoms with E-state index in [0.29, 0.717) is 18.0 Å². The molecule has 0 atom stereocenters. The first-order valence-electron chi connectivity index (χ1n) is 7.60. The van der Waals surface area contributed by atoms with Gasteiger partial charge in [0.2, 0.25) is 11.7 Å². The summed E-state index contributed by atoms with van der Waals surface area (Å²) >= 11 is 0. The predicted octanol–water partition coefficient (Wildman–Crippen LogP) is 2.61. The van der Waals surface area contributed by atoms with Gasteiger partial charge in [0.05, 0.1) is 5.69 Å². The molecular weight excluding hydrogens is 294 g/mol. The number of hydrogen-bond donors (Lipinski definition) is 2. The van der Waals surface area contributed by atoms with Gasteiger partial charge in [-0.15, -0.1) is 0 Å². The Morgan fingerprint density at radius 2 is 2.04 bits per heavy atom. The summed E-state index contributed by atoms with van der Waals surface area (Å²) < 4.78 is 5.37. The summed E-state index contributed by atoms with van der Waals surface area (Å²) in [4.78, 5) is 28.0. The van der Waals surface area contributed by atoms with E-state index in [1.807, 2.05) is 38.1 Å². The molecule has 0 radical (unpaired) electrons. The molecule has 2 rings (SSSR count). The third-order valence-corrected chi connectivity index (χ3v) is 3.29. The summed E-state index contributed by atoms with van der Waals surface area (Å²) in [5.74, 6) is 0.239. The zero-order chi connectivity index (χ0) is 16.8. The maximum Gasteiger partial charge on any atom is 0.289 e. The average Bonchev–Trinajstić information content (AvgIpc) is 2.88. The van der Waals surface area contributed by atoms with E-state index >= 15 is 0 Å². The van der Waals surface area contributed by atoms with Gasteiger partial charge in [-0.25, -0.2) is 4.98 Å². The van der Waals surface area contributed by atoms with Gasteiger partial charge < -0.3 is 15.1 Å². The molecule has 6 nitrogen and oxygen atoms in total. The molecule has 1 aromatic carbocycles. The number of amides is 2. The van der Waals surface area contributed by atoms with E-state index in [-0.39, 0.29) is 30.5 Å². The molecule has 6 heteroatoms. The Hall–Kier alpha value is -2.63. The summed E-state index contributed by atoms with van der Waals surface area (Å²) in [7, 11) is 0. The van der Waals surface area contributed by atoms with E-state index in [9.17, 15) is 9.59 Å². The molecule has 0 aliphatic carbocycles. The third kappa shape index (κ3) is 4.67. The van der Waals surface area contributed by atoms with E-state index in [4.69, 9.17) is 4.42 Å². The molecule has 2 aromatic rings. The minimum Gasteiger partial charge on any atom is -0.435 e. The Morgan fingerprint density at radius 3 is 2.70 bits per heavy atom. The lowest BCUT2D eigenvalue weighted by Crippen LogP contribution is -2.27. The van der Waals surface area contributed by atoms with Gasteiger partial charge in [-0.2, -0.15) is 0 Å². The highest BCUT2D eigenvalue weighted by atomic mass is 16.4. The van der Waals surface area contributed by atoms with Crippen molar-refractivity contribution in [1.29, 1.82) is 0 Å². The molecule has 2 N–H and O–H groups in total. The lowest BCUT2D eigenvalue weighted by molar-refractivity contribution is -0.116. The Bertz CT molecular complexity index is 707. The van der Waals surface area contributed by atoms with E-state index in [1.54, 1.807) is 6.92 Å². The van der Waals surface area contributed by atoms with Crippen molar-refractivity contribution in [3.63, 3.8) is 0 Å². The third-order valence-electron chi connectivity index (χ3n) is 3.29. The molecule has 1 aromatic heterocycles. The van der Waals surface area contributed by atoms with Gasteiger partial charge in [-0.3, -0.25) is 9.59 Å². The van der Waals surface area contributed by atoms with Crippen LogP contribution in [0.15, 0.2) is 28.7 Å². The van der Waals surface area contributed by atoms with Gasteiger partial charge in [0.1, 0.15) is 0 Å². The normalized spacial score (nSPS) is 10.4. The molecule has 0 fully saturated rings. The van der Waals surface area contributed by atoms with Crippen LogP contribution in [0.2, 0.25) is 0 Å². The number of aromatic nitrogens is 1. The maximum atomic E-state index is 12.0. The van der Waals surface area contributed by atoms with E-state index < -0.39 is 0 Å². The molecular formula is C17H21N3O3. The predicted molar refractivity (Wildman–Crippen MR) is 87.4 cm³/mol. The molecule has 2 amide bonds. The van der Waals surface area contributed by atoms with Gasteiger partial charge in [0, 0.05) is 25.1 Å². The Labute approximate surface area is 135 Å². The first-order chi connectivity index (χ1) is 11.0. The smallest absolute Gasteiger partial charge is 0.289 e. The minimum atomic E-state index is -0.349. The fourth-order valence-corrected chi connectivity index (χ4v) is 2.13. The highest BCUT2D eigenvalue weighted by Crippen LogP contribution is 2.11. The van der Waals surface area contributed by atoms with Crippen molar-refractivity contribution in [3.8, 4) is 0 Å². The molecule has 0 aliphatic rings. The number of nitrogens with zero attached hydrogens (tertiary/aromatic N) is 1. The number of hydrogen-bond acceptors (Lipinski definition) is 4. The fourth-order valence-electron chi connectivity index (χ4n) is 2.13. The second-order valence-corrected chi connectivity index (χ2v) is 5.30. The molecule has 0 spiro atoms. The summed E-state index contributed by atoms with van der Waals surface area (Å²) in [5.41, 5.74) is 2.38. The van der Waals surface area contributed by atoms with Gasteiger partial charge in [-0.05, 0) is 31.5 Å². The van der Waals surface area contributed by atoms with Crippen LogP contribution >= 0.6 is 0 Å². The average molecular weight is 315 g/mol. The van der Waals surface area contributed by atoms with Crippen LogP contribution in [0.25, 0.3) is 0 Å². The van der Waals surface area contributed by atoms with Gasteiger partial charge >= 0.3 is 0 Å². The highest BCUT2D eigenvalue weighted by Gasteiger charge is 2.16. The summed E-state index contributed by atoms with van der Waals surface area (Å²) in [5, 5.41) is 5.47. The zero-order valence-corrected chi connectivity index (χ0v) is 13.6. The van der Waals surface area contributed by atoms with Crippen molar-refractivity contribution in [2.75, 3.05) is 11.9 Å². The Balaban J connectivity index is 1.81. The van der Waals surface area contributed by atoms with Crippen molar-refractivity contribution in [3.05, 3.63) is 47.2 Å². The van der Waals surface area contributed by atoms with Crippen LogP contribution in [0.4, 0.5) is 5.69 Å². The second-order valence-electron chi connectivity index (χ2n) is 5.30. The minimum absolute atomic E-state index is 0.153. The number of rotatable bonds is 6. The number of aryl methyl sites for hydroxylation is 3. The Kier molecular flexibility index (Phi) is 5.51. The first kappa shape index (κ1) is 16.7. The molecule has 0 unspecified atom stereocenters. The first-order valence-corrected chi connectivity index (χ1v) is 7.60. The second kappa shape index (κ2) is 7.58. The number of benzene rings is 1. The highest BCUT2D eigenvalue weighted by molar-refractivity contribution is 5.94. The standard InChI is InChI=1S/C17H21N3O3/c1-4-15-19-12(3)16(23-15)17(22)18-9-8-14(21)20-13-7-5-6-11(2)10-13/h5-7,10H,4,8-9H2,1-3H3,(H,18,22)(H,20,21). The summed E-state index contributed by atoms with van der Waals surface area (Å²) in [6.45, 7) is 5.82. The van der Waals surface area contributed by atoms with Crippen molar-refractivity contribution in [2.24, 2.45) is 0 Å². The molecule has 0 saturated carbocycles. The van der Waals surface area contributed by atoms with Crippen molar-refractivity contribution < 1.29 is 14.0 Å². The van der Waals surface area contributed by atoms with Crippen LogP contribution in [0.3, 0.4) is 0 Å². The van der Waals surface area contributed by atoms with Gasteiger partial charge in [-0.1, -0.05) is 19.1 Å². The largest absolute Gasteiger partial charge is 0.435 e. The number of carbonyl (C=O) groups excluding carboxylic acids is 2. The topological polar surface area (TPSA) is 84.2 Å². The van der Waals surface area contributed by atoms with Gasteiger partial charge in [0.15, 0.2) is 5.89 Å². The number of anilines is 1. The van der Waals surface area contributed by atoms with Crippen LogP contribution in [-0.4, -0.2) is 23.3 Å². The van der Waals surface area contributed by atoms with E-state index in [2.05, 4.69) is 15.6 Å². The SMILES string of the molecule is CCc1nc(C)c(C(=O)NCCC(=O)Nc2cccc(C)c2)o1. The molecule has 0 saturated heterocycles. The van der Waals surface area contributed by atoms with Crippen LogP contribution in [0.1, 0.15) is 41.0 Å². The van der Waals surface area contributed by atoms with Crippen molar-refractivity contribution in [1.82, 2.24) is 10.3 Å². The fraction of sp³-hybridized carbons (Fsp3) is 0.353. The Morgan fingerprint density at radius 1 is 1.26 bits per heavy atom. The zero-order valence-electron chi connectivity index (χ0n) is 13.6. The molecule has 0 bridgehead atoms.